The molecule has 0 N–H and O–H groups in total. The van der Waals surface area contributed by atoms with Crippen LogP contribution in [-0.4, -0.2) is 9.97 Å². The van der Waals surface area contributed by atoms with Crippen LogP contribution >= 0.6 is 27.3 Å². The van der Waals surface area contributed by atoms with Gasteiger partial charge in [0.05, 0.1) is 0 Å². The van der Waals surface area contributed by atoms with Crippen LogP contribution < -0.4 is 0 Å². The molecular formula is C9H7BrN2S. The Hall–Kier alpha value is -0.740. The second kappa shape index (κ2) is 3.55. The number of hydrogen-bond acceptors (Lipinski definition) is 3. The van der Waals surface area contributed by atoms with Crippen molar-refractivity contribution in [1.29, 1.82) is 0 Å². The van der Waals surface area contributed by atoms with Crippen LogP contribution in [0.3, 0.4) is 0 Å². The van der Waals surface area contributed by atoms with Gasteiger partial charge in [0, 0.05) is 16.6 Å². The Labute approximate surface area is 88.8 Å². The Morgan fingerprint density at radius 2 is 2.23 bits per heavy atom. The van der Waals surface area contributed by atoms with Gasteiger partial charge in [0.25, 0.3) is 0 Å². The minimum Gasteiger partial charge on any atom is -0.233 e. The van der Waals surface area contributed by atoms with Gasteiger partial charge >= 0.3 is 0 Å². The fraction of sp³-hybridized carbons (Fsp3) is 0.111. The number of aromatic nitrogens is 2. The molecule has 0 atom stereocenters. The van der Waals surface area contributed by atoms with Gasteiger partial charge < -0.3 is 0 Å². The van der Waals surface area contributed by atoms with Gasteiger partial charge in [0.1, 0.15) is 4.60 Å². The Balaban J connectivity index is 2.53. The molecule has 0 fully saturated rings. The standard InChI is InChI=1S/C9H7BrN2S/c1-6-4-8(10)12-9(11-6)7-2-3-13-5-7/h2-5H,1H3. The molecule has 0 aromatic carbocycles. The Bertz CT molecular complexity index is 391. The molecule has 2 heterocycles. The molecule has 2 aromatic heterocycles. The monoisotopic (exact) mass is 254 g/mol. The van der Waals surface area contributed by atoms with Crippen molar-refractivity contribution < 1.29 is 0 Å². The van der Waals surface area contributed by atoms with Gasteiger partial charge in [0.15, 0.2) is 5.82 Å². The SMILES string of the molecule is Cc1cc(Br)nc(-c2ccsc2)n1. The number of rotatable bonds is 1. The minimum absolute atomic E-state index is 0.785. The zero-order valence-corrected chi connectivity index (χ0v) is 9.39. The molecule has 0 aliphatic heterocycles. The third kappa shape index (κ3) is 1.95. The van der Waals surface area contributed by atoms with E-state index in [0.29, 0.717) is 0 Å². The maximum absolute atomic E-state index is 4.34. The van der Waals surface area contributed by atoms with E-state index in [0.717, 1.165) is 21.7 Å². The van der Waals surface area contributed by atoms with E-state index in [9.17, 15) is 0 Å². The smallest absolute Gasteiger partial charge is 0.161 e. The van der Waals surface area contributed by atoms with Gasteiger partial charge in [0.2, 0.25) is 0 Å². The number of nitrogens with zero attached hydrogens (tertiary/aromatic N) is 2. The molecule has 4 heteroatoms. The predicted molar refractivity (Wildman–Crippen MR) is 57.8 cm³/mol. The van der Waals surface area contributed by atoms with Crippen molar-refractivity contribution >= 4 is 27.3 Å². The molecule has 0 radical (unpaired) electrons. The second-order valence-electron chi connectivity index (χ2n) is 2.67. The molecule has 2 nitrogen and oxygen atoms in total. The van der Waals surface area contributed by atoms with Crippen molar-refractivity contribution in [2.24, 2.45) is 0 Å². The summed E-state index contributed by atoms with van der Waals surface area (Å²) >= 11 is 5.00. The third-order valence-electron chi connectivity index (χ3n) is 1.60. The molecule has 66 valence electrons. The Morgan fingerprint density at radius 3 is 2.85 bits per heavy atom. The van der Waals surface area contributed by atoms with Crippen molar-refractivity contribution in [2.75, 3.05) is 0 Å². The summed E-state index contributed by atoms with van der Waals surface area (Å²) in [5.41, 5.74) is 2.05. The number of hydrogen-bond donors (Lipinski definition) is 0. The lowest BCUT2D eigenvalue weighted by Gasteiger charge is -1.98. The molecule has 0 saturated carbocycles. The van der Waals surface area contributed by atoms with E-state index < -0.39 is 0 Å². The average Bonchev–Trinajstić information content (AvgIpc) is 2.53. The normalized spacial score (nSPS) is 10.3. The van der Waals surface area contributed by atoms with Crippen LogP contribution in [0.15, 0.2) is 27.5 Å². The molecule has 13 heavy (non-hydrogen) atoms. The predicted octanol–water partition coefficient (Wildman–Crippen LogP) is 3.28. The highest BCUT2D eigenvalue weighted by atomic mass is 79.9. The Kier molecular flexibility index (Phi) is 2.42. The molecule has 0 amide bonds. The van der Waals surface area contributed by atoms with Crippen LogP contribution in [-0.2, 0) is 0 Å². The number of halogens is 1. The topological polar surface area (TPSA) is 25.8 Å². The fourth-order valence-electron chi connectivity index (χ4n) is 1.05. The van der Waals surface area contributed by atoms with Crippen LogP contribution in [0.25, 0.3) is 11.4 Å². The molecule has 0 saturated heterocycles. The molecule has 2 aromatic rings. The maximum atomic E-state index is 4.34. The number of thiophene rings is 1. The summed E-state index contributed by atoms with van der Waals surface area (Å²) in [6.45, 7) is 1.96. The van der Waals surface area contributed by atoms with Gasteiger partial charge in [-0.2, -0.15) is 11.3 Å². The summed E-state index contributed by atoms with van der Waals surface area (Å²) in [7, 11) is 0. The quantitative estimate of drug-likeness (QED) is 0.731. The molecule has 0 spiro atoms. The lowest BCUT2D eigenvalue weighted by Crippen LogP contribution is -1.90. The van der Waals surface area contributed by atoms with Crippen molar-refractivity contribution in [2.45, 2.75) is 6.92 Å². The highest BCUT2D eigenvalue weighted by molar-refractivity contribution is 9.10. The lowest BCUT2D eigenvalue weighted by atomic mass is 10.3. The molecule has 0 aliphatic rings. The van der Waals surface area contributed by atoms with Crippen LogP contribution in [0, 0.1) is 6.92 Å². The highest BCUT2D eigenvalue weighted by Gasteiger charge is 2.02. The molecule has 0 unspecified atom stereocenters. The zero-order valence-electron chi connectivity index (χ0n) is 6.99. The first-order valence-electron chi connectivity index (χ1n) is 3.79. The van der Waals surface area contributed by atoms with Gasteiger partial charge in [-0.3, -0.25) is 0 Å². The Morgan fingerprint density at radius 1 is 1.38 bits per heavy atom. The maximum Gasteiger partial charge on any atom is 0.161 e. The molecule has 2 rings (SSSR count). The van der Waals surface area contributed by atoms with Crippen molar-refractivity contribution in [3.05, 3.63) is 33.2 Å². The molecule has 0 bridgehead atoms. The number of aryl methyl sites for hydroxylation is 1. The second-order valence-corrected chi connectivity index (χ2v) is 4.26. The van der Waals surface area contributed by atoms with Gasteiger partial charge in [-0.15, -0.1) is 0 Å². The van der Waals surface area contributed by atoms with Crippen LogP contribution in [0.4, 0.5) is 0 Å². The fourth-order valence-corrected chi connectivity index (χ4v) is 2.18. The first-order valence-corrected chi connectivity index (χ1v) is 5.53. The zero-order chi connectivity index (χ0) is 9.26. The first-order chi connectivity index (χ1) is 6.25. The minimum atomic E-state index is 0.785. The van der Waals surface area contributed by atoms with Gasteiger partial charge in [-0.25, -0.2) is 9.97 Å². The van der Waals surface area contributed by atoms with Crippen LogP contribution in [0.2, 0.25) is 0 Å². The van der Waals surface area contributed by atoms with E-state index in [1.54, 1.807) is 11.3 Å². The van der Waals surface area contributed by atoms with E-state index in [-0.39, 0.29) is 0 Å². The van der Waals surface area contributed by atoms with E-state index in [1.165, 1.54) is 0 Å². The lowest BCUT2D eigenvalue weighted by molar-refractivity contribution is 1.09. The summed E-state index contributed by atoms with van der Waals surface area (Å²) in [5.74, 6) is 0.785. The molecule has 0 aliphatic carbocycles. The van der Waals surface area contributed by atoms with E-state index in [1.807, 2.05) is 29.8 Å². The van der Waals surface area contributed by atoms with Crippen molar-refractivity contribution in [3.63, 3.8) is 0 Å². The largest absolute Gasteiger partial charge is 0.233 e. The summed E-state index contributed by atoms with van der Waals surface area (Å²) in [4.78, 5) is 8.63. The van der Waals surface area contributed by atoms with Crippen LogP contribution in [0.1, 0.15) is 5.69 Å². The summed E-state index contributed by atoms with van der Waals surface area (Å²) in [6.07, 6.45) is 0. The third-order valence-corrected chi connectivity index (χ3v) is 2.69. The van der Waals surface area contributed by atoms with Gasteiger partial charge in [-0.1, -0.05) is 0 Å². The summed E-state index contributed by atoms with van der Waals surface area (Å²) in [6, 6.07) is 3.92. The van der Waals surface area contributed by atoms with E-state index in [4.69, 9.17) is 0 Å². The average molecular weight is 255 g/mol. The van der Waals surface area contributed by atoms with Crippen molar-refractivity contribution in [1.82, 2.24) is 9.97 Å². The van der Waals surface area contributed by atoms with Gasteiger partial charge in [-0.05, 0) is 40.4 Å². The summed E-state index contributed by atoms with van der Waals surface area (Å²) < 4.78 is 0.834. The summed E-state index contributed by atoms with van der Waals surface area (Å²) in [5, 5.41) is 4.07. The van der Waals surface area contributed by atoms with Crippen molar-refractivity contribution in [3.8, 4) is 11.4 Å². The van der Waals surface area contributed by atoms with E-state index >= 15 is 0 Å². The van der Waals surface area contributed by atoms with Crippen LogP contribution in [0.5, 0.6) is 0 Å². The first kappa shape index (κ1) is 8.84. The molecular weight excluding hydrogens is 248 g/mol. The van der Waals surface area contributed by atoms with E-state index in [2.05, 4.69) is 25.9 Å². The highest BCUT2D eigenvalue weighted by Crippen LogP contribution is 2.20.